The Labute approximate surface area is 263 Å². The van der Waals surface area contributed by atoms with Gasteiger partial charge in [-0.15, -0.1) is 13.2 Å². The number of nitrogens with one attached hydrogen (secondary N) is 2. The summed E-state index contributed by atoms with van der Waals surface area (Å²) in [5.74, 6) is -1.18. The lowest BCUT2D eigenvalue weighted by atomic mass is 9.83. The van der Waals surface area contributed by atoms with Gasteiger partial charge in [-0.1, -0.05) is 61.7 Å². The number of esters is 1. The van der Waals surface area contributed by atoms with Crippen molar-refractivity contribution < 1.29 is 37.0 Å². The summed E-state index contributed by atoms with van der Waals surface area (Å²) in [5.41, 5.74) is 4.50. The molecule has 3 rings (SSSR count). The molecule has 2 unspecified atom stereocenters. The molecular formula is C35H43F3N2O5. The number of carbonyl (C=O) groups is 3. The summed E-state index contributed by atoms with van der Waals surface area (Å²) in [5, 5.41) is 6.00. The number of hydrogen-bond acceptors (Lipinski definition) is 5. The summed E-state index contributed by atoms with van der Waals surface area (Å²) < 4.78 is 46.6. The third kappa shape index (κ3) is 12.7. The number of ether oxygens (including phenoxy) is 2. The minimum Gasteiger partial charge on any atom is -0.466 e. The SMILES string of the molecule is CCCNC(=O)c1ccc(C(CCC)C(NC(=O)c2cc(C)cc(C)c2)c2ccc(OC(F)(F)F)cc2)cc1.CCOC(C)=O. The van der Waals surface area contributed by atoms with Crippen molar-refractivity contribution >= 4 is 17.8 Å². The first-order valence-corrected chi connectivity index (χ1v) is 15.0. The van der Waals surface area contributed by atoms with E-state index in [0.717, 1.165) is 29.5 Å². The van der Waals surface area contributed by atoms with Crippen LogP contribution in [-0.2, 0) is 9.53 Å². The van der Waals surface area contributed by atoms with Crippen molar-refractivity contribution in [2.24, 2.45) is 0 Å². The number of aryl methyl sites for hydroxylation is 2. The van der Waals surface area contributed by atoms with Crippen LogP contribution in [0.4, 0.5) is 13.2 Å². The molecule has 3 aromatic carbocycles. The Morgan fingerprint density at radius 3 is 1.82 bits per heavy atom. The van der Waals surface area contributed by atoms with Crippen molar-refractivity contribution in [3.63, 3.8) is 0 Å². The Bertz CT molecular complexity index is 1370. The molecule has 0 radical (unpaired) electrons. The van der Waals surface area contributed by atoms with E-state index < -0.39 is 12.4 Å². The summed E-state index contributed by atoms with van der Waals surface area (Å²) in [6, 6.07) is 17.9. The molecular weight excluding hydrogens is 585 g/mol. The third-order valence-corrected chi connectivity index (χ3v) is 6.73. The predicted molar refractivity (Wildman–Crippen MR) is 168 cm³/mol. The highest BCUT2D eigenvalue weighted by Crippen LogP contribution is 2.36. The normalized spacial score (nSPS) is 12.2. The fourth-order valence-electron chi connectivity index (χ4n) is 4.89. The van der Waals surface area contributed by atoms with E-state index in [1.165, 1.54) is 19.1 Å². The van der Waals surface area contributed by atoms with Crippen molar-refractivity contribution in [2.75, 3.05) is 13.2 Å². The minimum atomic E-state index is -4.80. The number of carbonyl (C=O) groups excluding carboxylic acids is 3. The number of alkyl halides is 3. The van der Waals surface area contributed by atoms with Crippen LogP contribution in [0.25, 0.3) is 0 Å². The summed E-state index contributed by atoms with van der Waals surface area (Å²) in [6.45, 7) is 12.1. The highest BCUT2D eigenvalue weighted by Gasteiger charge is 2.32. The summed E-state index contributed by atoms with van der Waals surface area (Å²) >= 11 is 0. The second-order valence-electron chi connectivity index (χ2n) is 10.6. The topological polar surface area (TPSA) is 93.7 Å². The van der Waals surface area contributed by atoms with Crippen LogP contribution in [0, 0.1) is 13.8 Å². The Kier molecular flexibility index (Phi) is 14.6. The van der Waals surface area contributed by atoms with E-state index in [1.54, 1.807) is 43.3 Å². The maximum Gasteiger partial charge on any atom is 0.573 e. The lowest BCUT2D eigenvalue weighted by Crippen LogP contribution is -2.33. The molecule has 244 valence electrons. The maximum absolute atomic E-state index is 13.4. The molecule has 0 aliphatic heterocycles. The van der Waals surface area contributed by atoms with Gasteiger partial charge in [-0.05, 0) is 81.1 Å². The van der Waals surface area contributed by atoms with Gasteiger partial charge in [0.05, 0.1) is 12.6 Å². The van der Waals surface area contributed by atoms with Gasteiger partial charge < -0.3 is 20.1 Å². The van der Waals surface area contributed by atoms with E-state index in [9.17, 15) is 27.6 Å². The van der Waals surface area contributed by atoms with Crippen LogP contribution in [0.5, 0.6) is 5.75 Å². The molecule has 2 atom stereocenters. The molecule has 0 aromatic heterocycles. The van der Waals surface area contributed by atoms with E-state index in [2.05, 4.69) is 20.1 Å². The average Bonchev–Trinajstić information content (AvgIpc) is 2.97. The molecule has 2 amide bonds. The Morgan fingerprint density at radius 1 is 0.778 bits per heavy atom. The van der Waals surface area contributed by atoms with Gasteiger partial charge in [0.15, 0.2) is 0 Å². The number of hydrogen-bond donors (Lipinski definition) is 2. The van der Waals surface area contributed by atoms with Crippen LogP contribution in [0.3, 0.4) is 0 Å². The van der Waals surface area contributed by atoms with Gasteiger partial charge in [-0.3, -0.25) is 14.4 Å². The first-order chi connectivity index (χ1) is 21.3. The smallest absolute Gasteiger partial charge is 0.466 e. The van der Waals surface area contributed by atoms with Crippen molar-refractivity contribution in [1.82, 2.24) is 10.6 Å². The van der Waals surface area contributed by atoms with Gasteiger partial charge >= 0.3 is 12.3 Å². The molecule has 0 bridgehead atoms. The van der Waals surface area contributed by atoms with Crippen LogP contribution in [0.1, 0.15) is 102 Å². The molecule has 7 nitrogen and oxygen atoms in total. The van der Waals surface area contributed by atoms with E-state index >= 15 is 0 Å². The van der Waals surface area contributed by atoms with Gasteiger partial charge in [0.2, 0.25) is 0 Å². The molecule has 45 heavy (non-hydrogen) atoms. The molecule has 10 heteroatoms. The minimum absolute atomic E-state index is 0.157. The maximum atomic E-state index is 13.4. The summed E-state index contributed by atoms with van der Waals surface area (Å²) in [4.78, 5) is 35.6. The van der Waals surface area contributed by atoms with Gasteiger partial charge in [0.1, 0.15) is 5.75 Å². The Hall–Kier alpha value is -4.34. The standard InChI is InChI=1S/C31H35F3N2O3.C4H8O2/c1-5-7-27(22-8-10-24(11-9-22)29(37)35-16-6-2)28(23-12-14-26(15-13-23)39-31(32,33)34)36-30(38)25-18-20(3)17-21(4)19-25;1-3-6-4(2)5/h8-15,17-19,27-28H,5-7,16H2,1-4H3,(H,35,37)(H,36,38);3H2,1-2H3. The molecule has 0 saturated heterocycles. The van der Waals surface area contributed by atoms with E-state index in [-0.39, 0.29) is 29.5 Å². The Morgan fingerprint density at radius 2 is 1.36 bits per heavy atom. The molecule has 0 aliphatic carbocycles. The first kappa shape index (κ1) is 36.8. The van der Waals surface area contributed by atoms with Crippen LogP contribution >= 0.6 is 0 Å². The summed E-state index contributed by atoms with van der Waals surface area (Å²) in [6.07, 6.45) is -2.47. The number of amides is 2. The quantitative estimate of drug-likeness (QED) is 0.199. The number of halogens is 3. The van der Waals surface area contributed by atoms with Crippen LogP contribution < -0.4 is 15.4 Å². The van der Waals surface area contributed by atoms with Gasteiger partial charge in [-0.25, -0.2) is 0 Å². The second-order valence-corrected chi connectivity index (χ2v) is 10.6. The van der Waals surface area contributed by atoms with Crippen LogP contribution in [0.2, 0.25) is 0 Å². The second kappa shape index (κ2) is 17.8. The Balaban J connectivity index is 0.00000107. The largest absolute Gasteiger partial charge is 0.573 e. The lowest BCUT2D eigenvalue weighted by Gasteiger charge is -2.29. The highest BCUT2D eigenvalue weighted by atomic mass is 19.4. The van der Waals surface area contributed by atoms with Crippen molar-refractivity contribution in [3.05, 3.63) is 100 Å². The molecule has 0 saturated carbocycles. The molecule has 2 N–H and O–H groups in total. The fraction of sp³-hybridized carbons (Fsp3) is 0.400. The zero-order valence-electron chi connectivity index (χ0n) is 26.7. The molecule has 0 spiro atoms. The third-order valence-electron chi connectivity index (χ3n) is 6.73. The number of benzene rings is 3. The zero-order chi connectivity index (χ0) is 33.6. The predicted octanol–water partition coefficient (Wildman–Crippen LogP) is 7.97. The van der Waals surface area contributed by atoms with Crippen molar-refractivity contribution in [3.8, 4) is 5.75 Å². The van der Waals surface area contributed by atoms with Crippen LogP contribution in [-0.4, -0.2) is 37.3 Å². The molecule has 0 heterocycles. The molecule has 3 aromatic rings. The monoisotopic (exact) mass is 628 g/mol. The first-order valence-electron chi connectivity index (χ1n) is 15.0. The highest BCUT2D eigenvalue weighted by molar-refractivity contribution is 5.95. The summed E-state index contributed by atoms with van der Waals surface area (Å²) in [7, 11) is 0. The van der Waals surface area contributed by atoms with Crippen molar-refractivity contribution in [1.29, 1.82) is 0 Å². The van der Waals surface area contributed by atoms with Crippen molar-refractivity contribution in [2.45, 2.75) is 79.1 Å². The molecule has 0 aliphatic rings. The number of rotatable bonds is 12. The lowest BCUT2D eigenvalue weighted by molar-refractivity contribution is -0.274. The van der Waals surface area contributed by atoms with Crippen LogP contribution in [0.15, 0.2) is 66.7 Å². The fourth-order valence-corrected chi connectivity index (χ4v) is 4.89. The van der Waals surface area contributed by atoms with Gasteiger partial charge in [-0.2, -0.15) is 0 Å². The average molecular weight is 629 g/mol. The van der Waals surface area contributed by atoms with E-state index in [4.69, 9.17) is 0 Å². The van der Waals surface area contributed by atoms with E-state index in [1.807, 2.05) is 45.9 Å². The van der Waals surface area contributed by atoms with Gasteiger partial charge in [0.25, 0.3) is 11.8 Å². The van der Waals surface area contributed by atoms with Gasteiger partial charge in [0, 0.05) is 30.5 Å². The zero-order valence-corrected chi connectivity index (χ0v) is 26.7. The van der Waals surface area contributed by atoms with E-state index in [0.29, 0.717) is 36.3 Å². The molecule has 0 fully saturated rings.